The van der Waals surface area contributed by atoms with Crippen LogP contribution in [0.15, 0.2) is 65.1 Å². The molecular formula is C29H26BrN3O4. The van der Waals surface area contributed by atoms with Crippen LogP contribution in [-0.4, -0.2) is 34.1 Å². The molecule has 3 unspecified atom stereocenters. The highest BCUT2D eigenvalue weighted by molar-refractivity contribution is 9.10. The van der Waals surface area contributed by atoms with Crippen LogP contribution in [0.4, 0.5) is 11.4 Å². The summed E-state index contributed by atoms with van der Waals surface area (Å²) in [6.45, 7) is 4.66. The Balaban J connectivity index is 1.64. The summed E-state index contributed by atoms with van der Waals surface area (Å²) < 4.78 is 0.858. The number of nitrogens with zero attached hydrogens (tertiary/aromatic N) is 2. The third-order valence-electron chi connectivity index (χ3n) is 8.33. The van der Waals surface area contributed by atoms with E-state index >= 15 is 0 Å². The lowest BCUT2D eigenvalue weighted by Gasteiger charge is -2.37. The second-order valence-corrected chi connectivity index (χ2v) is 11.3. The third kappa shape index (κ3) is 3.42. The Hall–Kier alpha value is -3.36. The number of nitro groups is 1. The van der Waals surface area contributed by atoms with E-state index in [1.807, 2.05) is 44.2 Å². The first-order chi connectivity index (χ1) is 17.7. The number of non-ortho nitro benzene ring substituents is 1. The number of hydrogen-bond acceptors (Lipinski definition) is 5. The number of amides is 1. The molecule has 0 aromatic heterocycles. The second kappa shape index (κ2) is 8.60. The standard InChI is InChI=1S/C29H26BrN3O4/c1-16-13-17(2)26-22(14-16)29(28(35)31-26)25(27(34)18-8-10-20(30)11-9-18)24(23-7-4-12-32(23)29)19-5-3-6-21(15-19)33(36)37/h3,5-6,8-11,13-15,23-25H,4,7,12H2,1-2H3,(H,31,35)/t23?,24?,25?,29-/m1/s1. The second-order valence-electron chi connectivity index (χ2n) is 10.4. The average molecular weight is 560 g/mol. The summed E-state index contributed by atoms with van der Waals surface area (Å²) >= 11 is 3.45. The van der Waals surface area contributed by atoms with Gasteiger partial charge in [0.05, 0.1) is 10.8 Å². The van der Waals surface area contributed by atoms with E-state index in [-0.39, 0.29) is 29.3 Å². The predicted octanol–water partition coefficient (Wildman–Crippen LogP) is 5.88. The van der Waals surface area contributed by atoms with Gasteiger partial charge in [-0.1, -0.05) is 57.9 Å². The minimum Gasteiger partial charge on any atom is -0.324 e. The molecule has 0 radical (unpaired) electrons. The quantitative estimate of drug-likeness (QED) is 0.244. The largest absolute Gasteiger partial charge is 0.324 e. The number of nitro benzene ring substituents is 1. The Morgan fingerprint density at radius 2 is 1.89 bits per heavy atom. The van der Waals surface area contributed by atoms with Crippen LogP contribution in [0.3, 0.4) is 0 Å². The zero-order valence-corrected chi connectivity index (χ0v) is 22.1. The molecule has 7 nitrogen and oxygen atoms in total. The van der Waals surface area contributed by atoms with E-state index in [0.29, 0.717) is 12.1 Å². The van der Waals surface area contributed by atoms with Gasteiger partial charge in [-0.2, -0.15) is 0 Å². The number of fused-ring (bicyclic) bond motifs is 4. The monoisotopic (exact) mass is 559 g/mol. The van der Waals surface area contributed by atoms with Crippen molar-refractivity contribution in [2.75, 3.05) is 11.9 Å². The van der Waals surface area contributed by atoms with Crippen molar-refractivity contribution in [3.8, 4) is 0 Å². The molecule has 37 heavy (non-hydrogen) atoms. The van der Waals surface area contributed by atoms with Gasteiger partial charge in [0.1, 0.15) is 5.54 Å². The lowest BCUT2D eigenvalue weighted by Crippen LogP contribution is -2.52. The Labute approximate surface area is 223 Å². The first-order valence-corrected chi connectivity index (χ1v) is 13.3. The van der Waals surface area contributed by atoms with Gasteiger partial charge >= 0.3 is 0 Å². The van der Waals surface area contributed by atoms with Crippen molar-refractivity contribution in [2.45, 2.75) is 44.2 Å². The number of Topliss-reactive ketones (excluding diaryl/α,β-unsaturated/α-hetero) is 1. The average Bonchev–Trinajstić information content (AvgIpc) is 3.53. The van der Waals surface area contributed by atoms with E-state index in [1.54, 1.807) is 24.3 Å². The van der Waals surface area contributed by atoms with E-state index in [2.05, 4.69) is 26.1 Å². The number of carbonyl (C=O) groups is 2. The van der Waals surface area contributed by atoms with Crippen LogP contribution in [0.2, 0.25) is 0 Å². The van der Waals surface area contributed by atoms with Gasteiger partial charge in [0.2, 0.25) is 5.91 Å². The minimum absolute atomic E-state index is 0.0131. The molecule has 1 amide bonds. The molecule has 0 bridgehead atoms. The number of aryl methyl sites for hydroxylation is 2. The summed E-state index contributed by atoms with van der Waals surface area (Å²) in [5, 5.41) is 14.8. The fraction of sp³-hybridized carbons (Fsp3) is 0.310. The van der Waals surface area contributed by atoms with Gasteiger partial charge in [-0.05, 0) is 56.5 Å². The summed E-state index contributed by atoms with van der Waals surface area (Å²) in [5.41, 5.74) is 3.65. The number of rotatable bonds is 4. The van der Waals surface area contributed by atoms with Crippen molar-refractivity contribution in [3.05, 3.63) is 103 Å². The van der Waals surface area contributed by atoms with Crippen molar-refractivity contribution < 1.29 is 14.5 Å². The molecule has 3 aromatic carbocycles. The highest BCUT2D eigenvalue weighted by atomic mass is 79.9. The zero-order valence-electron chi connectivity index (χ0n) is 20.5. The predicted molar refractivity (Wildman–Crippen MR) is 144 cm³/mol. The number of ketones is 1. The van der Waals surface area contributed by atoms with Gasteiger partial charge in [-0.25, -0.2) is 0 Å². The lowest BCUT2D eigenvalue weighted by atomic mass is 9.68. The molecule has 1 spiro atoms. The number of benzene rings is 3. The lowest BCUT2D eigenvalue weighted by molar-refractivity contribution is -0.384. The van der Waals surface area contributed by atoms with Crippen LogP contribution >= 0.6 is 15.9 Å². The summed E-state index contributed by atoms with van der Waals surface area (Å²) in [6, 6.07) is 17.8. The Morgan fingerprint density at radius 3 is 2.62 bits per heavy atom. The van der Waals surface area contributed by atoms with Crippen LogP contribution in [0.5, 0.6) is 0 Å². The van der Waals surface area contributed by atoms with Gasteiger partial charge in [0.25, 0.3) is 5.69 Å². The van der Waals surface area contributed by atoms with Crippen LogP contribution < -0.4 is 5.32 Å². The molecule has 8 heteroatoms. The summed E-state index contributed by atoms with van der Waals surface area (Å²) in [6.07, 6.45) is 1.71. The van der Waals surface area contributed by atoms with Crippen molar-refractivity contribution in [1.82, 2.24) is 4.90 Å². The molecule has 3 aromatic rings. The molecule has 6 rings (SSSR count). The smallest absolute Gasteiger partial charge is 0.269 e. The number of carbonyl (C=O) groups excluding carboxylic acids is 2. The highest BCUT2D eigenvalue weighted by Crippen LogP contribution is 2.61. The number of hydrogen-bond donors (Lipinski definition) is 1. The minimum atomic E-state index is -1.19. The first kappa shape index (κ1) is 24.0. The topological polar surface area (TPSA) is 92.5 Å². The van der Waals surface area contributed by atoms with Gasteiger partial charge in [0.15, 0.2) is 5.78 Å². The Morgan fingerprint density at radius 1 is 1.14 bits per heavy atom. The van der Waals surface area contributed by atoms with Crippen LogP contribution in [-0.2, 0) is 10.3 Å². The van der Waals surface area contributed by atoms with Gasteiger partial charge < -0.3 is 5.32 Å². The number of halogens is 1. The first-order valence-electron chi connectivity index (χ1n) is 12.5. The fourth-order valence-corrected chi connectivity index (χ4v) is 7.29. The third-order valence-corrected chi connectivity index (χ3v) is 8.86. The molecule has 0 saturated carbocycles. The van der Waals surface area contributed by atoms with Crippen molar-refractivity contribution in [1.29, 1.82) is 0 Å². The summed E-state index contributed by atoms with van der Waals surface area (Å²) in [5.74, 6) is -1.44. The maximum absolute atomic E-state index is 14.5. The van der Waals surface area contributed by atoms with Crippen molar-refractivity contribution in [2.24, 2.45) is 5.92 Å². The Kier molecular flexibility index (Phi) is 5.58. The number of anilines is 1. The molecule has 4 atom stereocenters. The Bertz CT molecular complexity index is 1470. The van der Waals surface area contributed by atoms with Crippen LogP contribution in [0.1, 0.15) is 51.4 Å². The van der Waals surface area contributed by atoms with Gasteiger partial charge in [-0.3, -0.25) is 24.6 Å². The SMILES string of the molecule is Cc1cc(C)c2c(c1)[C@]1(C(=O)N2)C(C(=O)c2ccc(Br)cc2)C(c2cccc([N+](=O)[O-])c2)C2CCCN21. The van der Waals surface area contributed by atoms with Crippen LogP contribution in [0, 0.1) is 29.9 Å². The summed E-state index contributed by atoms with van der Waals surface area (Å²) in [7, 11) is 0. The molecule has 3 heterocycles. The summed E-state index contributed by atoms with van der Waals surface area (Å²) in [4.78, 5) is 42.2. The van der Waals surface area contributed by atoms with Crippen molar-refractivity contribution >= 4 is 39.0 Å². The maximum Gasteiger partial charge on any atom is 0.269 e. The zero-order chi connectivity index (χ0) is 26.1. The fourth-order valence-electron chi connectivity index (χ4n) is 7.03. The van der Waals surface area contributed by atoms with E-state index in [1.165, 1.54) is 6.07 Å². The number of nitrogens with one attached hydrogen (secondary N) is 1. The molecule has 3 aliphatic rings. The maximum atomic E-state index is 14.5. The van der Waals surface area contributed by atoms with E-state index < -0.39 is 16.4 Å². The molecule has 1 N–H and O–H groups in total. The van der Waals surface area contributed by atoms with Crippen LogP contribution in [0.25, 0.3) is 0 Å². The highest BCUT2D eigenvalue weighted by Gasteiger charge is 2.69. The van der Waals surface area contributed by atoms with E-state index in [0.717, 1.165) is 45.3 Å². The van der Waals surface area contributed by atoms with Crippen molar-refractivity contribution in [3.63, 3.8) is 0 Å². The van der Waals surface area contributed by atoms with E-state index in [9.17, 15) is 19.7 Å². The molecule has 0 aliphatic carbocycles. The molecule has 2 saturated heterocycles. The van der Waals surface area contributed by atoms with Gasteiger partial charge in [-0.15, -0.1) is 0 Å². The molecular weight excluding hydrogens is 534 g/mol. The molecule has 2 fully saturated rings. The molecule has 188 valence electrons. The van der Waals surface area contributed by atoms with E-state index in [4.69, 9.17) is 0 Å². The normalized spacial score (nSPS) is 26.2. The molecule has 3 aliphatic heterocycles. The van der Waals surface area contributed by atoms with Gasteiger partial charge in [0, 0.05) is 45.4 Å².